The van der Waals surface area contributed by atoms with Gasteiger partial charge in [0.25, 0.3) is 0 Å². The first kappa shape index (κ1) is 15.5. The maximum Gasteiger partial charge on any atom is 0.129 e. The van der Waals surface area contributed by atoms with Crippen LogP contribution in [0.5, 0.6) is 0 Å². The van der Waals surface area contributed by atoms with Crippen molar-refractivity contribution < 1.29 is 6.16 Å². The number of anilines is 1. The molecule has 2 heterocycles. The molecule has 1 aromatic rings. The van der Waals surface area contributed by atoms with Crippen LogP contribution in [0.2, 0.25) is 0 Å². The number of hydrogen-bond donors (Lipinski definition) is 1. The van der Waals surface area contributed by atoms with Gasteiger partial charge in [0.2, 0.25) is 0 Å². The normalized spacial score (nSPS) is 21.0. The summed E-state index contributed by atoms with van der Waals surface area (Å²) >= 11 is 0. The van der Waals surface area contributed by atoms with Crippen molar-refractivity contribution in [1.82, 2.24) is 4.98 Å². The lowest BCUT2D eigenvalue weighted by Crippen LogP contribution is -2.16. The van der Waals surface area contributed by atoms with Gasteiger partial charge in [-0.15, -0.1) is 0 Å². The Morgan fingerprint density at radius 1 is 1.32 bits per heavy atom. The molecule has 0 aromatic carbocycles. The quantitative estimate of drug-likeness (QED) is 0.619. The van der Waals surface area contributed by atoms with Crippen molar-refractivity contribution in [2.75, 3.05) is 18.5 Å². The highest BCUT2D eigenvalue weighted by Gasteiger charge is 2.13. The Bertz CT molecular complexity index is 530. The van der Waals surface area contributed by atoms with Crippen LogP contribution >= 0.6 is 0 Å². The maximum atomic E-state index is 5.98. The molecule has 3 nitrogen and oxygen atoms in total. The number of fused-ring (bicyclic) bond motifs is 1. The SMILES string of the molecule is CC1=CC[C@H](OCCCCc2ccc3c(n2)NCCC3)CC1.[HH]. The summed E-state index contributed by atoms with van der Waals surface area (Å²) in [7, 11) is 0. The largest absolute Gasteiger partial charge is 0.378 e. The van der Waals surface area contributed by atoms with E-state index in [1.807, 2.05) is 0 Å². The van der Waals surface area contributed by atoms with Crippen LogP contribution in [0.1, 0.15) is 58.1 Å². The molecule has 0 amide bonds. The zero-order valence-corrected chi connectivity index (χ0v) is 13.7. The summed E-state index contributed by atoms with van der Waals surface area (Å²) in [6.07, 6.45) is 12.0. The van der Waals surface area contributed by atoms with E-state index < -0.39 is 0 Å². The Morgan fingerprint density at radius 3 is 3.14 bits per heavy atom. The third-order valence-corrected chi connectivity index (χ3v) is 4.72. The molecule has 2 aliphatic rings. The van der Waals surface area contributed by atoms with E-state index in [4.69, 9.17) is 9.72 Å². The Kier molecular flexibility index (Phi) is 5.49. The molecule has 0 radical (unpaired) electrons. The fourth-order valence-corrected chi connectivity index (χ4v) is 3.26. The van der Waals surface area contributed by atoms with Gasteiger partial charge in [-0.1, -0.05) is 17.7 Å². The Balaban J connectivity index is 0.00000192. The number of unbranched alkanes of at least 4 members (excludes halogenated alkanes) is 1. The first-order valence-electron chi connectivity index (χ1n) is 8.81. The fourth-order valence-electron chi connectivity index (χ4n) is 3.26. The van der Waals surface area contributed by atoms with E-state index in [9.17, 15) is 0 Å². The Labute approximate surface area is 135 Å². The third-order valence-electron chi connectivity index (χ3n) is 4.72. The molecule has 1 aromatic heterocycles. The Morgan fingerprint density at radius 2 is 2.27 bits per heavy atom. The number of ether oxygens (including phenoxy) is 1. The highest BCUT2D eigenvalue weighted by molar-refractivity contribution is 5.46. The van der Waals surface area contributed by atoms with Gasteiger partial charge < -0.3 is 10.1 Å². The topological polar surface area (TPSA) is 34.1 Å². The molecule has 1 atom stereocenters. The number of aromatic nitrogens is 1. The van der Waals surface area contributed by atoms with Gasteiger partial charge in [-0.05, 0) is 69.9 Å². The lowest BCUT2D eigenvalue weighted by atomic mass is 9.98. The van der Waals surface area contributed by atoms with Gasteiger partial charge in [0.05, 0.1) is 6.10 Å². The van der Waals surface area contributed by atoms with E-state index >= 15 is 0 Å². The molecule has 22 heavy (non-hydrogen) atoms. The number of nitrogens with one attached hydrogen (secondary N) is 1. The number of rotatable bonds is 6. The summed E-state index contributed by atoms with van der Waals surface area (Å²) < 4.78 is 5.98. The van der Waals surface area contributed by atoms with Gasteiger partial charge in [-0.25, -0.2) is 4.98 Å². The van der Waals surface area contributed by atoms with E-state index in [2.05, 4.69) is 30.4 Å². The number of hydrogen-bond acceptors (Lipinski definition) is 3. The van der Waals surface area contributed by atoms with Crippen molar-refractivity contribution in [3.8, 4) is 0 Å². The van der Waals surface area contributed by atoms with E-state index in [0.717, 1.165) is 44.7 Å². The molecule has 0 saturated carbocycles. The van der Waals surface area contributed by atoms with Crippen molar-refractivity contribution in [2.24, 2.45) is 0 Å². The minimum atomic E-state index is 0. The van der Waals surface area contributed by atoms with Gasteiger partial charge in [-0.2, -0.15) is 0 Å². The first-order chi connectivity index (χ1) is 10.8. The molecule has 0 fully saturated rings. The summed E-state index contributed by atoms with van der Waals surface area (Å²) in [5, 5.41) is 3.41. The molecule has 1 N–H and O–H groups in total. The molecule has 1 aliphatic carbocycles. The van der Waals surface area contributed by atoms with Crippen LogP contribution in [0, 0.1) is 0 Å². The monoisotopic (exact) mass is 302 g/mol. The van der Waals surface area contributed by atoms with Crippen molar-refractivity contribution in [3.63, 3.8) is 0 Å². The van der Waals surface area contributed by atoms with E-state index in [0.29, 0.717) is 6.10 Å². The molecule has 3 rings (SSSR count). The Hall–Kier alpha value is -1.35. The van der Waals surface area contributed by atoms with Crippen molar-refractivity contribution in [2.45, 2.75) is 64.4 Å². The number of pyridine rings is 1. The summed E-state index contributed by atoms with van der Waals surface area (Å²) in [5.41, 5.74) is 4.11. The average molecular weight is 302 g/mol. The zero-order chi connectivity index (χ0) is 15.2. The van der Waals surface area contributed by atoms with Gasteiger partial charge in [0.1, 0.15) is 5.82 Å². The fraction of sp³-hybridized carbons (Fsp3) is 0.632. The second-order valence-electron chi connectivity index (χ2n) is 6.62. The van der Waals surface area contributed by atoms with Crippen LogP contribution in [0.15, 0.2) is 23.8 Å². The molecular weight excluding hydrogens is 272 g/mol. The predicted octanol–water partition coefficient (Wildman–Crippen LogP) is 4.52. The zero-order valence-electron chi connectivity index (χ0n) is 13.7. The lowest BCUT2D eigenvalue weighted by Gasteiger charge is -2.21. The van der Waals surface area contributed by atoms with E-state index in [1.54, 1.807) is 0 Å². The smallest absolute Gasteiger partial charge is 0.129 e. The van der Waals surface area contributed by atoms with Crippen LogP contribution in [0.3, 0.4) is 0 Å². The van der Waals surface area contributed by atoms with Crippen LogP contribution in [-0.2, 0) is 17.6 Å². The van der Waals surface area contributed by atoms with Gasteiger partial charge in [0, 0.05) is 20.3 Å². The van der Waals surface area contributed by atoms with Crippen LogP contribution in [-0.4, -0.2) is 24.2 Å². The average Bonchev–Trinajstić information content (AvgIpc) is 2.56. The van der Waals surface area contributed by atoms with Crippen molar-refractivity contribution >= 4 is 5.82 Å². The number of nitrogens with zero attached hydrogens (tertiary/aromatic N) is 1. The van der Waals surface area contributed by atoms with Crippen molar-refractivity contribution in [3.05, 3.63) is 35.0 Å². The molecule has 122 valence electrons. The molecule has 0 saturated heterocycles. The third kappa shape index (κ3) is 4.33. The minimum Gasteiger partial charge on any atom is -0.378 e. The first-order valence-corrected chi connectivity index (χ1v) is 8.81. The summed E-state index contributed by atoms with van der Waals surface area (Å²) in [6.45, 7) is 4.17. The second kappa shape index (κ2) is 7.77. The van der Waals surface area contributed by atoms with Gasteiger partial charge in [0.15, 0.2) is 0 Å². The molecule has 0 unspecified atom stereocenters. The predicted molar refractivity (Wildman–Crippen MR) is 93.4 cm³/mol. The number of aryl methyl sites for hydroxylation is 2. The van der Waals surface area contributed by atoms with Gasteiger partial charge in [-0.3, -0.25) is 0 Å². The standard InChI is InChI=1S/C19H28N2O.H2/c1-15-7-11-18(12-8-15)22-14-3-2-6-17-10-9-16-5-4-13-20-19(16)21-17;/h7,9-10,18H,2-6,8,11-14H2,1H3,(H,20,21);1H/t18-;/m0./s1. The minimum absolute atomic E-state index is 0. The molecule has 0 bridgehead atoms. The van der Waals surface area contributed by atoms with Crippen LogP contribution < -0.4 is 5.32 Å². The highest BCUT2D eigenvalue weighted by Crippen LogP contribution is 2.21. The molecule has 3 heteroatoms. The van der Waals surface area contributed by atoms with Gasteiger partial charge >= 0.3 is 0 Å². The van der Waals surface area contributed by atoms with Crippen LogP contribution in [0.4, 0.5) is 5.82 Å². The second-order valence-corrected chi connectivity index (χ2v) is 6.62. The van der Waals surface area contributed by atoms with E-state index in [-0.39, 0.29) is 1.43 Å². The summed E-state index contributed by atoms with van der Waals surface area (Å²) in [5.74, 6) is 1.12. The molecule has 1 aliphatic heterocycles. The summed E-state index contributed by atoms with van der Waals surface area (Å²) in [6, 6.07) is 4.44. The summed E-state index contributed by atoms with van der Waals surface area (Å²) in [4.78, 5) is 4.75. The van der Waals surface area contributed by atoms with Crippen molar-refractivity contribution in [1.29, 1.82) is 0 Å². The lowest BCUT2D eigenvalue weighted by molar-refractivity contribution is 0.0443. The molecular formula is C19H30N2O. The highest BCUT2D eigenvalue weighted by atomic mass is 16.5. The maximum absolute atomic E-state index is 5.98. The van der Waals surface area contributed by atoms with E-state index in [1.165, 1.54) is 42.5 Å². The number of allylic oxidation sites excluding steroid dienone is 1. The van der Waals surface area contributed by atoms with Crippen LogP contribution in [0.25, 0.3) is 0 Å². The molecule has 0 spiro atoms.